The van der Waals surface area contributed by atoms with E-state index >= 15 is 0 Å². The summed E-state index contributed by atoms with van der Waals surface area (Å²) in [5.41, 5.74) is 5.51. The van der Waals surface area contributed by atoms with Crippen molar-refractivity contribution in [2.24, 2.45) is 0 Å². The van der Waals surface area contributed by atoms with E-state index in [1.807, 2.05) is 0 Å². The first-order chi connectivity index (χ1) is 14.0. The molecule has 29 heavy (non-hydrogen) atoms. The largest absolute Gasteiger partial charge is 0.268 e. The quantitative estimate of drug-likeness (QED) is 0.560. The fraction of sp³-hybridized carbons (Fsp3) is 0.0476. The number of benzene rings is 2. The van der Waals surface area contributed by atoms with Crippen molar-refractivity contribution in [3.63, 3.8) is 0 Å². The lowest BCUT2D eigenvalue weighted by Gasteiger charge is -2.41. The SMILES string of the molecule is O=C1C=CC(=O)N1NC(NN1C(=O)C=CC1=O)(c1ccccc1)c1ccccc1. The Bertz CT molecular complexity index is 925. The molecule has 144 valence electrons. The average molecular weight is 388 g/mol. The van der Waals surface area contributed by atoms with Gasteiger partial charge >= 0.3 is 0 Å². The van der Waals surface area contributed by atoms with E-state index in [0.29, 0.717) is 11.1 Å². The van der Waals surface area contributed by atoms with Crippen LogP contribution in [-0.2, 0) is 24.8 Å². The van der Waals surface area contributed by atoms with E-state index in [9.17, 15) is 19.2 Å². The molecule has 2 N–H and O–H groups in total. The molecule has 0 radical (unpaired) electrons. The third-order valence-electron chi connectivity index (χ3n) is 4.59. The molecule has 2 aliphatic rings. The van der Waals surface area contributed by atoms with Gasteiger partial charge in [0.05, 0.1) is 0 Å². The van der Waals surface area contributed by atoms with Crippen LogP contribution in [0.2, 0.25) is 0 Å². The second-order valence-corrected chi connectivity index (χ2v) is 6.40. The van der Waals surface area contributed by atoms with Crippen LogP contribution in [0.5, 0.6) is 0 Å². The summed E-state index contributed by atoms with van der Waals surface area (Å²) in [7, 11) is 0. The number of carbonyl (C=O) groups is 4. The molecule has 0 unspecified atom stereocenters. The van der Waals surface area contributed by atoms with Gasteiger partial charge in [-0.05, 0) is 11.1 Å². The van der Waals surface area contributed by atoms with E-state index in [-0.39, 0.29) is 0 Å². The van der Waals surface area contributed by atoms with Crippen LogP contribution in [0.1, 0.15) is 11.1 Å². The van der Waals surface area contributed by atoms with E-state index in [2.05, 4.69) is 10.9 Å². The van der Waals surface area contributed by atoms with Gasteiger partial charge in [0.15, 0.2) is 5.66 Å². The van der Waals surface area contributed by atoms with Crippen LogP contribution >= 0.6 is 0 Å². The van der Waals surface area contributed by atoms with Crippen molar-refractivity contribution in [3.05, 3.63) is 96.1 Å². The fourth-order valence-electron chi connectivity index (χ4n) is 3.18. The van der Waals surface area contributed by atoms with Crippen LogP contribution in [0.25, 0.3) is 0 Å². The Morgan fingerprint density at radius 2 is 0.828 bits per heavy atom. The summed E-state index contributed by atoms with van der Waals surface area (Å²) in [6.07, 6.45) is 4.57. The van der Waals surface area contributed by atoms with E-state index in [1.54, 1.807) is 60.7 Å². The minimum Gasteiger partial charge on any atom is -0.268 e. The summed E-state index contributed by atoms with van der Waals surface area (Å²) >= 11 is 0. The van der Waals surface area contributed by atoms with Gasteiger partial charge in [0.1, 0.15) is 0 Å². The zero-order chi connectivity index (χ0) is 20.4. The molecular weight excluding hydrogens is 372 g/mol. The lowest BCUT2D eigenvalue weighted by Crippen LogP contribution is -2.66. The van der Waals surface area contributed by atoms with Crippen LogP contribution in [0.4, 0.5) is 0 Å². The van der Waals surface area contributed by atoms with E-state index < -0.39 is 29.3 Å². The number of hydrogen-bond acceptors (Lipinski definition) is 6. The van der Waals surface area contributed by atoms with Crippen molar-refractivity contribution in [1.82, 2.24) is 20.9 Å². The molecule has 0 atom stereocenters. The monoisotopic (exact) mass is 388 g/mol. The molecule has 0 saturated heterocycles. The molecule has 0 fully saturated rings. The summed E-state index contributed by atoms with van der Waals surface area (Å²) in [6.45, 7) is 0. The van der Waals surface area contributed by atoms with Crippen LogP contribution in [0.3, 0.4) is 0 Å². The third kappa shape index (κ3) is 3.27. The van der Waals surface area contributed by atoms with Gasteiger partial charge in [-0.2, -0.15) is 10.9 Å². The van der Waals surface area contributed by atoms with Crippen molar-refractivity contribution in [2.45, 2.75) is 5.66 Å². The minimum absolute atomic E-state index is 0.565. The number of carbonyl (C=O) groups excluding carboxylic acids is 4. The normalized spacial score (nSPS) is 16.4. The molecule has 8 heteroatoms. The summed E-state index contributed by atoms with van der Waals surface area (Å²) in [6, 6.07) is 17.7. The topological polar surface area (TPSA) is 98.8 Å². The zero-order valence-corrected chi connectivity index (χ0v) is 15.1. The lowest BCUT2D eigenvalue weighted by molar-refractivity contribution is -0.147. The number of rotatable bonds is 6. The molecule has 0 aromatic heterocycles. The van der Waals surface area contributed by atoms with E-state index in [4.69, 9.17) is 0 Å². The maximum atomic E-state index is 12.3. The second kappa shape index (κ2) is 7.27. The van der Waals surface area contributed by atoms with Crippen LogP contribution < -0.4 is 10.9 Å². The molecule has 2 aromatic rings. The molecule has 0 saturated carbocycles. The molecule has 4 amide bonds. The highest BCUT2D eigenvalue weighted by Gasteiger charge is 2.43. The summed E-state index contributed by atoms with van der Waals surface area (Å²) in [4.78, 5) is 49.0. The van der Waals surface area contributed by atoms with Crippen molar-refractivity contribution in [3.8, 4) is 0 Å². The Labute approximate surface area is 166 Å². The highest BCUT2D eigenvalue weighted by molar-refractivity contribution is 6.13. The van der Waals surface area contributed by atoms with Gasteiger partial charge in [-0.1, -0.05) is 60.7 Å². The van der Waals surface area contributed by atoms with Crippen molar-refractivity contribution >= 4 is 23.6 Å². The maximum Gasteiger partial charge on any atom is 0.268 e. The number of amides is 4. The van der Waals surface area contributed by atoms with Gasteiger partial charge in [0.25, 0.3) is 23.6 Å². The Balaban J connectivity index is 1.87. The lowest BCUT2D eigenvalue weighted by atomic mass is 9.92. The number of imide groups is 2. The van der Waals surface area contributed by atoms with Gasteiger partial charge in [-0.25, -0.2) is 10.0 Å². The predicted octanol–water partition coefficient (Wildman–Crippen LogP) is 0.747. The summed E-state index contributed by atoms with van der Waals surface area (Å²) < 4.78 is 0. The highest BCUT2D eigenvalue weighted by Crippen LogP contribution is 2.29. The summed E-state index contributed by atoms with van der Waals surface area (Å²) in [5.74, 6) is -2.26. The smallest absolute Gasteiger partial charge is 0.268 e. The van der Waals surface area contributed by atoms with Crippen molar-refractivity contribution in [1.29, 1.82) is 0 Å². The first kappa shape index (κ1) is 18.5. The highest BCUT2D eigenvalue weighted by atomic mass is 16.2. The Morgan fingerprint density at radius 3 is 1.14 bits per heavy atom. The number of nitrogens with one attached hydrogen (secondary N) is 2. The van der Waals surface area contributed by atoms with Gasteiger partial charge < -0.3 is 0 Å². The van der Waals surface area contributed by atoms with E-state index in [1.165, 1.54) is 0 Å². The molecule has 0 spiro atoms. The molecule has 0 bridgehead atoms. The van der Waals surface area contributed by atoms with Gasteiger partial charge in [-0.3, -0.25) is 19.2 Å². The molecule has 8 nitrogen and oxygen atoms in total. The standard InChI is InChI=1S/C21H16N4O4/c26-17-11-12-18(27)24(17)22-21(15-7-3-1-4-8-15,16-9-5-2-6-10-16)23-25-19(28)13-14-20(25)29/h1-14,22-23H. The fourth-order valence-corrected chi connectivity index (χ4v) is 3.18. The zero-order valence-electron chi connectivity index (χ0n) is 15.1. The Hall–Kier alpha value is -3.88. The first-order valence-corrected chi connectivity index (χ1v) is 8.80. The predicted molar refractivity (Wildman–Crippen MR) is 102 cm³/mol. The molecule has 2 aliphatic heterocycles. The Morgan fingerprint density at radius 1 is 0.517 bits per heavy atom. The molecular formula is C21H16N4O4. The van der Waals surface area contributed by atoms with Crippen LogP contribution in [0.15, 0.2) is 85.0 Å². The van der Waals surface area contributed by atoms with Gasteiger partial charge in [0, 0.05) is 24.3 Å². The van der Waals surface area contributed by atoms with Crippen LogP contribution in [0, 0.1) is 0 Å². The van der Waals surface area contributed by atoms with Crippen molar-refractivity contribution < 1.29 is 19.2 Å². The van der Waals surface area contributed by atoms with Gasteiger partial charge in [0.2, 0.25) is 0 Å². The van der Waals surface area contributed by atoms with E-state index in [0.717, 1.165) is 34.3 Å². The minimum atomic E-state index is -1.48. The van der Waals surface area contributed by atoms with Gasteiger partial charge in [-0.15, -0.1) is 0 Å². The molecule has 0 aliphatic carbocycles. The van der Waals surface area contributed by atoms with Crippen LogP contribution in [-0.4, -0.2) is 33.6 Å². The number of hydrogen-bond donors (Lipinski definition) is 2. The Kier molecular flexibility index (Phi) is 4.63. The van der Waals surface area contributed by atoms with Crippen molar-refractivity contribution in [2.75, 3.05) is 0 Å². The number of nitrogens with zero attached hydrogens (tertiary/aromatic N) is 2. The molecule has 4 rings (SSSR count). The molecule has 2 heterocycles. The maximum absolute atomic E-state index is 12.3. The average Bonchev–Trinajstić information content (AvgIpc) is 3.24. The number of hydrazine groups is 2. The molecule has 2 aromatic carbocycles. The second-order valence-electron chi connectivity index (χ2n) is 6.40. The summed E-state index contributed by atoms with van der Waals surface area (Å²) in [5, 5.41) is 1.68. The first-order valence-electron chi connectivity index (χ1n) is 8.80. The third-order valence-corrected chi connectivity index (χ3v) is 4.59.